The third-order valence-electron chi connectivity index (χ3n) is 4.72. The van der Waals surface area contributed by atoms with Crippen molar-refractivity contribution in [2.45, 2.75) is 33.1 Å². The number of amides is 2. The van der Waals surface area contributed by atoms with Crippen LogP contribution in [0.25, 0.3) is 0 Å². The molecule has 1 aromatic rings. The molecule has 3 rings (SSSR count). The molecule has 0 N–H and O–H groups in total. The van der Waals surface area contributed by atoms with E-state index >= 15 is 0 Å². The molecular formula is C19H25N3O2. The molecule has 5 nitrogen and oxygen atoms in total. The number of hydrazone groups is 1. The van der Waals surface area contributed by atoms with Crippen LogP contribution in [-0.4, -0.2) is 47.1 Å². The lowest BCUT2D eigenvalue weighted by Crippen LogP contribution is -2.47. The van der Waals surface area contributed by atoms with Gasteiger partial charge in [0.2, 0.25) is 11.8 Å². The summed E-state index contributed by atoms with van der Waals surface area (Å²) in [5.41, 5.74) is 1.89. The van der Waals surface area contributed by atoms with Crippen LogP contribution < -0.4 is 0 Å². The van der Waals surface area contributed by atoms with Crippen LogP contribution in [0.5, 0.6) is 0 Å². The molecule has 0 saturated carbocycles. The van der Waals surface area contributed by atoms with E-state index in [1.807, 2.05) is 35.2 Å². The predicted octanol–water partition coefficient (Wildman–Crippen LogP) is 2.52. The highest BCUT2D eigenvalue weighted by Crippen LogP contribution is 2.22. The zero-order valence-electron chi connectivity index (χ0n) is 14.4. The number of likely N-dealkylation sites (tertiary alicyclic amines) is 1. The summed E-state index contributed by atoms with van der Waals surface area (Å²) in [5.74, 6) is 0.956. The second kappa shape index (κ2) is 7.16. The van der Waals surface area contributed by atoms with Gasteiger partial charge in [-0.05, 0) is 23.8 Å². The maximum Gasteiger partial charge on any atom is 0.244 e. The van der Waals surface area contributed by atoms with E-state index in [0.717, 1.165) is 30.8 Å². The molecule has 0 aromatic heterocycles. The molecule has 2 aliphatic rings. The van der Waals surface area contributed by atoms with Gasteiger partial charge in [-0.2, -0.15) is 5.10 Å². The zero-order valence-corrected chi connectivity index (χ0v) is 14.4. The van der Waals surface area contributed by atoms with Gasteiger partial charge in [-0.15, -0.1) is 0 Å². The topological polar surface area (TPSA) is 53.0 Å². The molecule has 24 heavy (non-hydrogen) atoms. The fourth-order valence-electron chi connectivity index (χ4n) is 3.66. The Balaban J connectivity index is 1.70. The molecule has 1 aromatic carbocycles. The summed E-state index contributed by atoms with van der Waals surface area (Å²) in [5, 5.41) is 5.82. The molecule has 0 aliphatic carbocycles. The van der Waals surface area contributed by atoms with Gasteiger partial charge in [0.25, 0.3) is 0 Å². The van der Waals surface area contributed by atoms with Crippen molar-refractivity contribution in [3.63, 3.8) is 0 Å². The van der Waals surface area contributed by atoms with Gasteiger partial charge in [0, 0.05) is 25.9 Å². The minimum absolute atomic E-state index is 0.000174. The second-order valence-electron chi connectivity index (χ2n) is 7.11. The Hall–Kier alpha value is -2.17. The molecule has 5 heteroatoms. The van der Waals surface area contributed by atoms with E-state index in [1.54, 1.807) is 0 Å². The Bertz CT molecular complexity index is 631. The number of benzene rings is 1. The van der Waals surface area contributed by atoms with Gasteiger partial charge < -0.3 is 4.90 Å². The molecule has 0 unspecified atom stereocenters. The number of rotatable bonds is 3. The summed E-state index contributed by atoms with van der Waals surface area (Å²) < 4.78 is 0. The van der Waals surface area contributed by atoms with Crippen LogP contribution in [0.2, 0.25) is 0 Å². The Labute approximate surface area is 143 Å². The number of hydrogen-bond donors (Lipinski definition) is 0. The molecule has 2 amide bonds. The van der Waals surface area contributed by atoms with Gasteiger partial charge in [0.1, 0.15) is 6.54 Å². The summed E-state index contributed by atoms with van der Waals surface area (Å²) in [4.78, 5) is 26.7. The van der Waals surface area contributed by atoms with Crippen molar-refractivity contribution in [3.8, 4) is 0 Å². The first kappa shape index (κ1) is 16.7. The number of nitrogens with zero attached hydrogens (tertiary/aromatic N) is 3. The van der Waals surface area contributed by atoms with Crippen molar-refractivity contribution >= 4 is 17.5 Å². The van der Waals surface area contributed by atoms with E-state index in [4.69, 9.17) is 0 Å². The van der Waals surface area contributed by atoms with Crippen LogP contribution in [0.15, 0.2) is 35.4 Å². The van der Waals surface area contributed by atoms with Crippen LogP contribution in [0, 0.1) is 11.8 Å². The third kappa shape index (κ3) is 3.83. The van der Waals surface area contributed by atoms with Gasteiger partial charge in [0.15, 0.2) is 0 Å². The van der Waals surface area contributed by atoms with Crippen LogP contribution in [0.4, 0.5) is 0 Å². The molecule has 0 bridgehead atoms. The lowest BCUT2D eigenvalue weighted by atomic mass is 9.92. The minimum atomic E-state index is -0.0684. The number of piperidine rings is 1. The molecule has 2 atom stereocenters. The summed E-state index contributed by atoms with van der Waals surface area (Å²) in [6, 6.07) is 9.85. The summed E-state index contributed by atoms with van der Waals surface area (Å²) in [6.45, 7) is 5.96. The highest BCUT2D eigenvalue weighted by Gasteiger charge is 2.29. The van der Waals surface area contributed by atoms with Crippen molar-refractivity contribution < 1.29 is 9.59 Å². The van der Waals surface area contributed by atoms with Crippen LogP contribution >= 0.6 is 0 Å². The highest BCUT2D eigenvalue weighted by atomic mass is 16.2. The Morgan fingerprint density at radius 2 is 1.79 bits per heavy atom. The summed E-state index contributed by atoms with van der Waals surface area (Å²) >= 11 is 0. The van der Waals surface area contributed by atoms with Crippen molar-refractivity contribution in [2.24, 2.45) is 16.9 Å². The van der Waals surface area contributed by atoms with E-state index in [2.05, 4.69) is 18.9 Å². The second-order valence-corrected chi connectivity index (χ2v) is 7.11. The largest absolute Gasteiger partial charge is 0.341 e. The lowest BCUT2D eigenvalue weighted by Gasteiger charge is -2.36. The van der Waals surface area contributed by atoms with E-state index in [-0.39, 0.29) is 18.4 Å². The minimum Gasteiger partial charge on any atom is -0.341 e. The summed E-state index contributed by atoms with van der Waals surface area (Å²) in [6.07, 6.45) is 2.20. The summed E-state index contributed by atoms with van der Waals surface area (Å²) in [7, 11) is 0. The van der Waals surface area contributed by atoms with E-state index in [9.17, 15) is 9.59 Å². The molecule has 1 saturated heterocycles. The molecule has 0 radical (unpaired) electrons. The standard InChI is InChI=1S/C19H25N3O2/c1-14-10-15(2)12-21(11-14)19(24)13-22-18(23)9-8-17(20-22)16-6-4-3-5-7-16/h3-7,14-15H,8-13H2,1-2H3/t14-,15+. The van der Waals surface area contributed by atoms with Gasteiger partial charge in [0.05, 0.1) is 5.71 Å². The molecular weight excluding hydrogens is 302 g/mol. The third-order valence-corrected chi connectivity index (χ3v) is 4.72. The predicted molar refractivity (Wildman–Crippen MR) is 93.5 cm³/mol. The van der Waals surface area contributed by atoms with Crippen LogP contribution in [0.1, 0.15) is 38.7 Å². The average molecular weight is 327 g/mol. The van der Waals surface area contributed by atoms with E-state index in [0.29, 0.717) is 24.7 Å². The Morgan fingerprint density at radius 1 is 1.12 bits per heavy atom. The Morgan fingerprint density at radius 3 is 2.46 bits per heavy atom. The van der Waals surface area contributed by atoms with Gasteiger partial charge in [-0.25, -0.2) is 5.01 Å². The first-order valence-corrected chi connectivity index (χ1v) is 8.74. The van der Waals surface area contributed by atoms with Crippen molar-refractivity contribution in [2.75, 3.05) is 19.6 Å². The van der Waals surface area contributed by atoms with Crippen molar-refractivity contribution in [1.29, 1.82) is 0 Å². The lowest BCUT2D eigenvalue weighted by molar-refractivity contribution is -0.142. The van der Waals surface area contributed by atoms with Crippen LogP contribution in [-0.2, 0) is 9.59 Å². The molecule has 0 spiro atoms. The van der Waals surface area contributed by atoms with E-state index < -0.39 is 0 Å². The molecule has 2 aliphatic heterocycles. The SMILES string of the molecule is C[C@@H]1C[C@H](C)CN(C(=O)CN2N=C(c3ccccc3)CCC2=O)C1. The normalized spacial score (nSPS) is 24.8. The quantitative estimate of drug-likeness (QED) is 0.856. The molecule has 128 valence electrons. The first-order chi connectivity index (χ1) is 11.5. The monoisotopic (exact) mass is 327 g/mol. The number of carbonyl (C=O) groups is 2. The molecule has 1 fully saturated rings. The van der Waals surface area contributed by atoms with E-state index in [1.165, 1.54) is 5.01 Å². The average Bonchev–Trinajstić information content (AvgIpc) is 2.56. The van der Waals surface area contributed by atoms with Crippen molar-refractivity contribution in [1.82, 2.24) is 9.91 Å². The van der Waals surface area contributed by atoms with Crippen molar-refractivity contribution in [3.05, 3.63) is 35.9 Å². The van der Waals surface area contributed by atoms with Gasteiger partial charge >= 0.3 is 0 Å². The zero-order chi connectivity index (χ0) is 17.1. The smallest absolute Gasteiger partial charge is 0.244 e. The maximum absolute atomic E-state index is 12.6. The fourth-order valence-corrected chi connectivity index (χ4v) is 3.66. The fraction of sp³-hybridized carbons (Fsp3) is 0.526. The highest BCUT2D eigenvalue weighted by molar-refractivity contribution is 6.04. The van der Waals surface area contributed by atoms with Gasteiger partial charge in [-0.1, -0.05) is 44.2 Å². The first-order valence-electron chi connectivity index (χ1n) is 8.74. The Kier molecular flexibility index (Phi) is 4.97. The number of hydrogen-bond acceptors (Lipinski definition) is 3. The maximum atomic E-state index is 12.6. The molecule has 2 heterocycles. The number of carbonyl (C=O) groups excluding carboxylic acids is 2. The van der Waals surface area contributed by atoms with Crippen LogP contribution in [0.3, 0.4) is 0 Å². The van der Waals surface area contributed by atoms with Gasteiger partial charge in [-0.3, -0.25) is 9.59 Å².